The van der Waals surface area contributed by atoms with Crippen molar-refractivity contribution >= 4 is 17.8 Å². The molecule has 18 heavy (non-hydrogen) atoms. The van der Waals surface area contributed by atoms with Gasteiger partial charge in [0.2, 0.25) is 0 Å². The Morgan fingerprint density at radius 3 is 2.33 bits per heavy atom. The van der Waals surface area contributed by atoms with Crippen LogP contribution in [0.2, 0.25) is 0 Å². The van der Waals surface area contributed by atoms with E-state index in [0.717, 1.165) is 17.1 Å². The lowest BCUT2D eigenvalue weighted by Gasteiger charge is -2.14. The Bertz CT molecular complexity index is 558. The van der Waals surface area contributed by atoms with Crippen molar-refractivity contribution in [1.82, 2.24) is 4.90 Å². The normalized spacial score (nSPS) is 14.3. The molecule has 1 aromatic carbocycles. The first-order valence-electron chi connectivity index (χ1n) is 5.08. The number of nitrogens with zero attached hydrogens (tertiary/aromatic N) is 1. The molecule has 0 bridgehead atoms. The van der Waals surface area contributed by atoms with Crippen LogP contribution in [0, 0.1) is 0 Å². The first kappa shape index (κ1) is 11.8. The number of phenols is 1. The third-order valence-corrected chi connectivity index (χ3v) is 2.53. The van der Waals surface area contributed by atoms with Crippen molar-refractivity contribution in [3.8, 4) is 5.75 Å². The average molecular weight is 247 g/mol. The van der Waals surface area contributed by atoms with Gasteiger partial charge in [-0.05, 0) is 17.7 Å². The van der Waals surface area contributed by atoms with Crippen molar-refractivity contribution in [3.05, 3.63) is 41.5 Å². The molecule has 2 rings (SSSR count). The molecule has 6 nitrogen and oxygen atoms in total. The summed E-state index contributed by atoms with van der Waals surface area (Å²) in [7, 11) is 0. The van der Waals surface area contributed by atoms with E-state index in [2.05, 4.69) is 0 Å². The number of aromatic hydroxyl groups is 1. The van der Waals surface area contributed by atoms with Gasteiger partial charge in [0, 0.05) is 12.2 Å². The number of carboxylic acids is 1. The minimum Gasteiger partial charge on any atom is -0.507 e. The predicted octanol–water partition coefficient (Wildman–Crippen LogP) is 0.515. The summed E-state index contributed by atoms with van der Waals surface area (Å²) in [5.41, 5.74) is 0.190. The largest absolute Gasteiger partial charge is 0.507 e. The summed E-state index contributed by atoms with van der Waals surface area (Å²) < 4.78 is 0. The Hall–Kier alpha value is -2.63. The van der Waals surface area contributed by atoms with Gasteiger partial charge in [-0.25, -0.2) is 4.79 Å². The summed E-state index contributed by atoms with van der Waals surface area (Å²) in [6.45, 7) is -0.0226. The van der Waals surface area contributed by atoms with E-state index in [1.54, 1.807) is 0 Å². The number of carbonyl (C=O) groups excluding carboxylic acids is 2. The summed E-state index contributed by atoms with van der Waals surface area (Å²) in [5, 5.41) is 18.2. The number of rotatable bonds is 3. The monoisotopic (exact) mass is 247 g/mol. The van der Waals surface area contributed by atoms with Crippen molar-refractivity contribution < 1.29 is 24.6 Å². The minimum atomic E-state index is -1.27. The van der Waals surface area contributed by atoms with Crippen molar-refractivity contribution in [1.29, 1.82) is 0 Å². The van der Waals surface area contributed by atoms with E-state index in [1.807, 2.05) is 0 Å². The first-order chi connectivity index (χ1) is 8.49. The molecule has 0 spiro atoms. The fraction of sp³-hybridized carbons (Fsp3) is 0.0833. The van der Waals surface area contributed by atoms with Crippen LogP contribution < -0.4 is 0 Å². The highest BCUT2D eigenvalue weighted by molar-refractivity contribution is 6.12. The van der Waals surface area contributed by atoms with E-state index in [4.69, 9.17) is 5.11 Å². The maximum Gasteiger partial charge on any atom is 0.339 e. The molecule has 0 aromatic heterocycles. The zero-order valence-electron chi connectivity index (χ0n) is 9.16. The number of hydrogen-bond donors (Lipinski definition) is 2. The number of aromatic carboxylic acids is 1. The van der Waals surface area contributed by atoms with Gasteiger partial charge in [0.15, 0.2) is 0 Å². The number of carboxylic acid groups (broad SMARTS) is 1. The molecule has 1 heterocycles. The zero-order chi connectivity index (χ0) is 13.3. The topological polar surface area (TPSA) is 94.9 Å². The third kappa shape index (κ3) is 2.08. The lowest BCUT2D eigenvalue weighted by molar-refractivity contribution is -0.137. The van der Waals surface area contributed by atoms with Gasteiger partial charge in [-0.3, -0.25) is 14.5 Å². The van der Waals surface area contributed by atoms with E-state index in [9.17, 15) is 19.5 Å². The van der Waals surface area contributed by atoms with Crippen LogP contribution in [0.15, 0.2) is 30.4 Å². The van der Waals surface area contributed by atoms with Crippen molar-refractivity contribution in [2.24, 2.45) is 0 Å². The van der Waals surface area contributed by atoms with E-state index >= 15 is 0 Å². The van der Waals surface area contributed by atoms with Crippen molar-refractivity contribution in [2.75, 3.05) is 0 Å². The summed E-state index contributed by atoms with van der Waals surface area (Å²) in [6.07, 6.45) is 2.31. The SMILES string of the molecule is O=C(O)c1cc(CN2C(=O)C=CC2=O)ccc1O. The molecule has 6 heteroatoms. The second-order valence-electron chi connectivity index (χ2n) is 3.75. The highest BCUT2D eigenvalue weighted by Gasteiger charge is 2.23. The standard InChI is InChI=1S/C12H9NO5/c14-9-2-1-7(5-8(9)12(17)18)6-13-10(15)3-4-11(13)16/h1-5,14H,6H2,(H,17,18). The van der Waals surface area contributed by atoms with E-state index < -0.39 is 17.8 Å². The van der Waals surface area contributed by atoms with Gasteiger partial charge in [0.05, 0.1) is 6.54 Å². The number of imide groups is 1. The second-order valence-corrected chi connectivity index (χ2v) is 3.75. The maximum absolute atomic E-state index is 11.3. The number of carbonyl (C=O) groups is 3. The molecule has 0 saturated heterocycles. The fourth-order valence-electron chi connectivity index (χ4n) is 1.62. The second kappa shape index (κ2) is 4.33. The van der Waals surface area contributed by atoms with E-state index in [1.165, 1.54) is 18.2 Å². The van der Waals surface area contributed by atoms with E-state index in [-0.39, 0.29) is 17.9 Å². The minimum absolute atomic E-state index is 0.0226. The van der Waals surface area contributed by atoms with Crippen molar-refractivity contribution in [3.63, 3.8) is 0 Å². The molecule has 2 amide bonds. The molecule has 0 unspecified atom stereocenters. The summed E-state index contributed by atoms with van der Waals surface area (Å²) in [6, 6.07) is 3.91. The number of hydrogen-bond acceptors (Lipinski definition) is 4. The fourth-order valence-corrected chi connectivity index (χ4v) is 1.62. The molecule has 92 valence electrons. The number of benzene rings is 1. The average Bonchev–Trinajstić information content (AvgIpc) is 2.63. The Kier molecular flexibility index (Phi) is 2.85. The quantitative estimate of drug-likeness (QED) is 0.759. The molecule has 1 aromatic rings. The molecular weight excluding hydrogens is 238 g/mol. The maximum atomic E-state index is 11.3. The van der Waals surface area contributed by atoms with Gasteiger partial charge >= 0.3 is 5.97 Å². The molecule has 0 fully saturated rings. The Morgan fingerprint density at radius 1 is 1.17 bits per heavy atom. The van der Waals surface area contributed by atoms with Crippen LogP contribution >= 0.6 is 0 Å². The third-order valence-electron chi connectivity index (χ3n) is 2.53. The molecular formula is C12H9NO5. The van der Waals surface area contributed by atoms with Gasteiger partial charge in [-0.2, -0.15) is 0 Å². The molecule has 1 aliphatic rings. The molecule has 2 N–H and O–H groups in total. The van der Waals surface area contributed by atoms with Crippen LogP contribution in [-0.2, 0) is 16.1 Å². The van der Waals surface area contributed by atoms with Crippen LogP contribution in [0.1, 0.15) is 15.9 Å². The Labute approximate surface area is 102 Å². The lowest BCUT2D eigenvalue weighted by Crippen LogP contribution is -2.29. The van der Waals surface area contributed by atoms with Gasteiger partial charge in [0.1, 0.15) is 11.3 Å². The van der Waals surface area contributed by atoms with Gasteiger partial charge in [-0.15, -0.1) is 0 Å². The van der Waals surface area contributed by atoms with Gasteiger partial charge in [0.25, 0.3) is 11.8 Å². The van der Waals surface area contributed by atoms with Crippen LogP contribution in [0.4, 0.5) is 0 Å². The van der Waals surface area contributed by atoms with E-state index in [0.29, 0.717) is 5.56 Å². The van der Waals surface area contributed by atoms with Crippen LogP contribution in [0.5, 0.6) is 5.75 Å². The zero-order valence-corrected chi connectivity index (χ0v) is 9.16. The van der Waals surface area contributed by atoms with Crippen molar-refractivity contribution in [2.45, 2.75) is 6.54 Å². The van der Waals surface area contributed by atoms with Gasteiger partial charge in [-0.1, -0.05) is 6.07 Å². The summed E-state index contributed by atoms with van der Waals surface area (Å²) >= 11 is 0. The lowest BCUT2D eigenvalue weighted by atomic mass is 10.1. The molecule has 0 saturated carbocycles. The molecule has 0 radical (unpaired) electrons. The van der Waals surface area contributed by atoms with Gasteiger partial charge < -0.3 is 10.2 Å². The van der Waals surface area contributed by atoms with Crippen LogP contribution in [0.3, 0.4) is 0 Å². The van der Waals surface area contributed by atoms with Crippen LogP contribution in [-0.4, -0.2) is 32.9 Å². The molecule has 1 aliphatic heterocycles. The first-order valence-corrected chi connectivity index (χ1v) is 5.08. The highest BCUT2D eigenvalue weighted by Crippen LogP contribution is 2.20. The molecule has 0 atom stereocenters. The number of amides is 2. The summed E-state index contributed by atoms with van der Waals surface area (Å²) in [5.74, 6) is -2.51. The molecule has 0 aliphatic carbocycles. The smallest absolute Gasteiger partial charge is 0.339 e. The highest BCUT2D eigenvalue weighted by atomic mass is 16.4. The summed E-state index contributed by atoms with van der Waals surface area (Å²) in [4.78, 5) is 34.5. The van der Waals surface area contributed by atoms with Crippen LogP contribution in [0.25, 0.3) is 0 Å². The Balaban J connectivity index is 2.25. The predicted molar refractivity (Wildman–Crippen MR) is 59.8 cm³/mol. The Morgan fingerprint density at radius 2 is 1.78 bits per heavy atom.